The molecular formula is C22H16ClF6N3O2S. The molecule has 0 saturated carbocycles. The van der Waals surface area contributed by atoms with E-state index in [0.717, 1.165) is 11.1 Å². The van der Waals surface area contributed by atoms with Crippen molar-refractivity contribution in [1.29, 1.82) is 0 Å². The molecule has 0 radical (unpaired) electrons. The van der Waals surface area contributed by atoms with Gasteiger partial charge in [-0.05, 0) is 46.3 Å². The predicted octanol–water partition coefficient (Wildman–Crippen LogP) is 5.55. The molecule has 1 saturated heterocycles. The molecule has 3 aliphatic rings. The van der Waals surface area contributed by atoms with E-state index in [-0.39, 0.29) is 36.1 Å². The van der Waals surface area contributed by atoms with Gasteiger partial charge >= 0.3 is 12.4 Å². The number of hydrogen-bond donors (Lipinski definition) is 0. The monoisotopic (exact) mass is 535 g/mol. The number of pyridine rings is 1. The zero-order valence-electron chi connectivity index (χ0n) is 17.7. The van der Waals surface area contributed by atoms with E-state index in [2.05, 4.69) is 9.38 Å². The third kappa shape index (κ3) is 4.19. The Bertz CT molecular complexity index is 1210. The van der Waals surface area contributed by atoms with Gasteiger partial charge < -0.3 is 9.64 Å². The molecule has 1 atom stereocenters. The van der Waals surface area contributed by atoms with Crippen LogP contribution in [0.2, 0.25) is 5.15 Å². The number of amides is 1. The first-order chi connectivity index (χ1) is 16.3. The van der Waals surface area contributed by atoms with Crippen molar-refractivity contribution in [2.45, 2.75) is 42.1 Å². The highest BCUT2D eigenvalue weighted by atomic mass is 35.5. The summed E-state index contributed by atoms with van der Waals surface area (Å²) in [5.41, 5.74) is 1.21. The molecule has 1 unspecified atom stereocenters. The number of hydrogen-bond acceptors (Lipinski definition) is 5. The number of rotatable bonds is 3. The average molecular weight is 536 g/mol. The van der Waals surface area contributed by atoms with Crippen LogP contribution in [0.5, 0.6) is 0 Å². The SMILES string of the molecule is O=C(CC(F)(F)F)N1CC2(C1)OCc1cc(C3=NSC(c4ccc(Cl)nc4)(C(F)(F)F)C3)ccc12. The van der Waals surface area contributed by atoms with Gasteiger partial charge in [-0.25, -0.2) is 9.38 Å². The van der Waals surface area contributed by atoms with E-state index in [1.54, 1.807) is 18.2 Å². The van der Waals surface area contributed by atoms with Crippen LogP contribution in [0.3, 0.4) is 0 Å². The van der Waals surface area contributed by atoms with Crippen LogP contribution in [-0.4, -0.2) is 46.9 Å². The van der Waals surface area contributed by atoms with E-state index in [4.69, 9.17) is 16.3 Å². The number of carbonyl (C=O) groups excluding carboxylic acids is 1. The second-order valence-corrected chi connectivity index (χ2v) is 10.1. The Morgan fingerprint density at radius 3 is 2.51 bits per heavy atom. The number of nitrogens with zero attached hydrogens (tertiary/aromatic N) is 3. The average Bonchev–Trinajstić information content (AvgIpc) is 3.34. The van der Waals surface area contributed by atoms with E-state index >= 15 is 0 Å². The number of aromatic nitrogens is 1. The molecule has 0 bridgehead atoms. The van der Waals surface area contributed by atoms with Gasteiger partial charge in [0.2, 0.25) is 5.91 Å². The summed E-state index contributed by atoms with van der Waals surface area (Å²) in [5.74, 6) is -1.02. The van der Waals surface area contributed by atoms with Crippen molar-refractivity contribution >= 4 is 35.2 Å². The highest BCUT2D eigenvalue weighted by Gasteiger charge is 2.60. The fourth-order valence-electron chi connectivity index (χ4n) is 4.60. The molecule has 1 fully saturated rings. The van der Waals surface area contributed by atoms with Gasteiger partial charge in [-0.1, -0.05) is 29.8 Å². The standard InChI is InChI=1S/C22H16ClF6N3O2S/c23-17-4-2-14(8-30-17)20(22(27,28)29)6-16(31-35-20)12-1-3-15-13(5-12)9-34-19(15)10-32(11-19)18(33)7-21(24,25)26/h1-5,8H,6-7,9-11H2. The zero-order valence-corrected chi connectivity index (χ0v) is 19.3. The third-order valence-corrected chi connectivity index (χ3v) is 7.87. The largest absolute Gasteiger partial charge is 0.409 e. The molecule has 3 aliphatic heterocycles. The highest BCUT2D eigenvalue weighted by Crippen LogP contribution is 2.56. The summed E-state index contributed by atoms with van der Waals surface area (Å²) in [6.07, 6.45) is -10.0. The summed E-state index contributed by atoms with van der Waals surface area (Å²) in [5, 5.41) is 0.0810. The number of fused-ring (bicyclic) bond motifs is 2. The molecule has 1 amide bonds. The maximum absolute atomic E-state index is 14.2. The minimum absolute atomic E-state index is 0.00813. The number of likely N-dealkylation sites (tertiary alicyclic amines) is 1. The Labute approximate surface area is 204 Å². The molecule has 5 rings (SSSR count). The van der Waals surface area contributed by atoms with Gasteiger partial charge in [0, 0.05) is 12.6 Å². The van der Waals surface area contributed by atoms with Crippen LogP contribution in [0.1, 0.15) is 35.1 Å². The topological polar surface area (TPSA) is 54.8 Å². The second kappa shape index (κ2) is 8.10. The van der Waals surface area contributed by atoms with Crippen LogP contribution in [-0.2, 0) is 26.5 Å². The molecule has 4 heterocycles. The summed E-state index contributed by atoms with van der Waals surface area (Å²) in [7, 11) is 0. The first-order valence-corrected chi connectivity index (χ1v) is 11.5. The molecule has 0 N–H and O–H groups in total. The normalized spacial score (nSPS) is 23.3. The zero-order chi connectivity index (χ0) is 25.2. The van der Waals surface area contributed by atoms with E-state index in [1.807, 2.05) is 0 Å². The Hall–Kier alpha value is -2.31. The van der Waals surface area contributed by atoms with Crippen molar-refractivity contribution in [3.63, 3.8) is 0 Å². The highest BCUT2D eigenvalue weighted by molar-refractivity contribution is 7.99. The number of ether oxygens (including phenoxy) is 1. The van der Waals surface area contributed by atoms with E-state index in [0.29, 0.717) is 28.6 Å². The first kappa shape index (κ1) is 24.4. The van der Waals surface area contributed by atoms with E-state index < -0.39 is 41.4 Å². The quantitative estimate of drug-likeness (QED) is 0.294. The van der Waals surface area contributed by atoms with Gasteiger partial charge in [-0.15, -0.1) is 0 Å². The lowest BCUT2D eigenvalue weighted by Gasteiger charge is -2.47. The minimum Gasteiger partial charge on any atom is -0.362 e. The van der Waals surface area contributed by atoms with Crippen molar-refractivity contribution in [3.8, 4) is 0 Å². The lowest BCUT2D eigenvalue weighted by molar-refractivity contribution is -0.185. The van der Waals surface area contributed by atoms with E-state index in [1.165, 1.54) is 12.1 Å². The maximum Gasteiger partial charge on any atom is 0.409 e. The minimum atomic E-state index is -4.61. The van der Waals surface area contributed by atoms with Crippen molar-refractivity contribution in [3.05, 3.63) is 63.9 Å². The van der Waals surface area contributed by atoms with E-state index in [9.17, 15) is 31.1 Å². The number of halogens is 7. The molecule has 1 spiro atoms. The van der Waals surface area contributed by atoms with Crippen molar-refractivity contribution in [2.75, 3.05) is 13.1 Å². The number of benzene rings is 1. The molecule has 0 aliphatic carbocycles. The summed E-state index contributed by atoms with van der Waals surface area (Å²) < 4.78 is 87.8. The number of alkyl halides is 6. The van der Waals surface area contributed by atoms with Gasteiger partial charge in [-0.2, -0.15) is 26.3 Å². The summed E-state index contributed by atoms with van der Waals surface area (Å²) in [6, 6.07) is 7.60. The molecule has 5 nitrogen and oxygen atoms in total. The van der Waals surface area contributed by atoms with Crippen LogP contribution in [0, 0.1) is 0 Å². The van der Waals surface area contributed by atoms with Gasteiger partial charge in [-0.3, -0.25) is 4.79 Å². The Morgan fingerprint density at radius 2 is 1.89 bits per heavy atom. The van der Waals surface area contributed by atoms with Gasteiger partial charge in [0.05, 0.1) is 25.4 Å². The van der Waals surface area contributed by atoms with Crippen LogP contribution in [0.25, 0.3) is 0 Å². The smallest absolute Gasteiger partial charge is 0.362 e. The molecular weight excluding hydrogens is 520 g/mol. The summed E-state index contributed by atoms with van der Waals surface area (Å²) in [6.45, 7) is 0.119. The summed E-state index contributed by atoms with van der Waals surface area (Å²) in [4.78, 5) is 16.7. The first-order valence-electron chi connectivity index (χ1n) is 10.4. The predicted molar refractivity (Wildman–Crippen MR) is 116 cm³/mol. The lowest BCUT2D eigenvalue weighted by Crippen LogP contribution is -2.61. The van der Waals surface area contributed by atoms with Crippen molar-refractivity contribution in [2.24, 2.45) is 4.40 Å². The molecule has 13 heteroatoms. The molecule has 186 valence electrons. The van der Waals surface area contributed by atoms with Crippen LogP contribution in [0.15, 0.2) is 40.9 Å². The van der Waals surface area contributed by atoms with Crippen LogP contribution >= 0.6 is 23.5 Å². The third-order valence-electron chi connectivity index (χ3n) is 6.41. The molecule has 1 aromatic heterocycles. The summed E-state index contributed by atoms with van der Waals surface area (Å²) >= 11 is 6.17. The Kier molecular flexibility index (Phi) is 5.65. The van der Waals surface area contributed by atoms with Crippen molar-refractivity contribution < 1.29 is 35.9 Å². The van der Waals surface area contributed by atoms with Crippen molar-refractivity contribution in [1.82, 2.24) is 9.88 Å². The fourth-order valence-corrected chi connectivity index (χ4v) is 5.67. The van der Waals surface area contributed by atoms with Crippen LogP contribution in [0.4, 0.5) is 26.3 Å². The lowest BCUT2D eigenvalue weighted by atomic mass is 9.83. The van der Waals surface area contributed by atoms with Crippen LogP contribution < -0.4 is 0 Å². The fraction of sp³-hybridized carbons (Fsp3) is 0.409. The Balaban J connectivity index is 1.35. The number of carbonyl (C=O) groups is 1. The van der Waals surface area contributed by atoms with Gasteiger partial charge in [0.25, 0.3) is 0 Å². The maximum atomic E-state index is 14.2. The van der Waals surface area contributed by atoms with Gasteiger partial charge in [0.15, 0.2) is 4.75 Å². The molecule has 1 aromatic carbocycles. The molecule has 35 heavy (non-hydrogen) atoms. The second-order valence-electron chi connectivity index (χ2n) is 8.70. The van der Waals surface area contributed by atoms with Gasteiger partial charge in [0.1, 0.15) is 17.2 Å². The molecule has 2 aromatic rings. The Morgan fingerprint density at radius 1 is 1.14 bits per heavy atom.